The summed E-state index contributed by atoms with van der Waals surface area (Å²) in [5, 5.41) is 4.82. The lowest BCUT2D eigenvalue weighted by Crippen LogP contribution is -2.57. The van der Waals surface area contributed by atoms with Crippen LogP contribution in [0.25, 0.3) is 10.9 Å². The van der Waals surface area contributed by atoms with Crippen molar-refractivity contribution in [3.8, 4) is 0 Å². The Morgan fingerprint density at radius 1 is 1.17 bits per heavy atom. The van der Waals surface area contributed by atoms with Crippen LogP contribution in [0, 0.1) is 18.8 Å². The van der Waals surface area contributed by atoms with Gasteiger partial charge in [0.2, 0.25) is 5.91 Å². The van der Waals surface area contributed by atoms with Gasteiger partial charge in [-0.3, -0.25) is 9.36 Å². The summed E-state index contributed by atoms with van der Waals surface area (Å²) in [6.45, 7) is 6.43. The zero-order valence-corrected chi connectivity index (χ0v) is 13.6. The van der Waals surface area contributed by atoms with Crippen molar-refractivity contribution in [1.29, 1.82) is 0 Å². The minimum absolute atomic E-state index is 0.0496. The summed E-state index contributed by atoms with van der Waals surface area (Å²) >= 11 is 0. The van der Waals surface area contributed by atoms with Gasteiger partial charge in [0, 0.05) is 24.7 Å². The molecule has 3 saturated heterocycles. The van der Waals surface area contributed by atoms with Crippen LogP contribution in [0.5, 0.6) is 0 Å². The fourth-order valence-corrected chi connectivity index (χ4v) is 4.98. The van der Waals surface area contributed by atoms with E-state index in [0.29, 0.717) is 11.8 Å². The summed E-state index contributed by atoms with van der Waals surface area (Å²) in [7, 11) is 0. The summed E-state index contributed by atoms with van der Waals surface area (Å²) < 4.78 is 1.92. The summed E-state index contributed by atoms with van der Waals surface area (Å²) in [4.78, 5) is 15.8. The van der Waals surface area contributed by atoms with E-state index in [1.807, 2.05) is 10.8 Å². The number of carbonyl (C=O) groups excluding carboxylic acids is 1. The molecular formula is C19H23N3O. The summed E-state index contributed by atoms with van der Waals surface area (Å²) in [6, 6.07) is 6.40. The molecular weight excluding hydrogens is 286 g/mol. The number of fused-ring (bicyclic) bond motifs is 3. The van der Waals surface area contributed by atoms with E-state index in [2.05, 4.69) is 35.3 Å². The van der Waals surface area contributed by atoms with Crippen LogP contribution in [-0.4, -0.2) is 41.1 Å². The van der Waals surface area contributed by atoms with Gasteiger partial charge in [-0.2, -0.15) is 0 Å². The highest BCUT2D eigenvalue weighted by molar-refractivity contribution is 5.98. The van der Waals surface area contributed by atoms with E-state index in [-0.39, 0.29) is 11.9 Å². The molecule has 1 N–H and O–H groups in total. The van der Waals surface area contributed by atoms with Crippen molar-refractivity contribution in [3.63, 3.8) is 0 Å². The molecule has 0 saturated carbocycles. The van der Waals surface area contributed by atoms with Crippen molar-refractivity contribution in [2.75, 3.05) is 19.6 Å². The van der Waals surface area contributed by atoms with E-state index in [4.69, 9.17) is 0 Å². The van der Waals surface area contributed by atoms with E-state index < -0.39 is 0 Å². The lowest BCUT2D eigenvalue weighted by Gasteiger charge is -2.47. The molecule has 2 aromatic rings. The Kier molecular flexibility index (Phi) is 2.94. The second-order valence-electron chi connectivity index (χ2n) is 7.49. The van der Waals surface area contributed by atoms with E-state index in [1.165, 1.54) is 42.4 Å². The van der Waals surface area contributed by atoms with E-state index in [1.54, 1.807) is 0 Å². The Hall–Kier alpha value is -1.65. The summed E-state index contributed by atoms with van der Waals surface area (Å²) in [5.74, 6) is 1.40. The molecule has 2 bridgehead atoms. The number of nitrogens with zero attached hydrogens (tertiary/aromatic N) is 2. The van der Waals surface area contributed by atoms with Gasteiger partial charge >= 0.3 is 0 Å². The van der Waals surface area contributed by atoms with Gasteiger partial charge in [-0.1, -0.05) is 12.1 Å². The van der Waals surface area contributed by atoms with Gasteiger partial charge in [0.05, 0.1) is 11.6 Å². The molecule has 1 aromatic carbocycles. The number of aryl methyl sites for hydroxylation is 1. The van der Waals surface area contributed by atoms with Crippen molar-refractivity contribution < 1.29 is 4.79 Å². The normalized spacial score (nSPS) is 33.2. The first-order valence-electron chi connectivity index (χ1n) is 8.82. The molecule has 4 heteroatoms. The smallest absolute Gasteiger partial charge is 0.248 e. The van der Waals surface area contributed by atoms with E-state index in [9.17, 15) is 4.79 Å². The number of carbonyl (C=O) groups is 1. The molecule has 4 nitrogen and oxygen atoms in total. The molecule has 23 heavy (non-hydrogen) atoms. The van der Waals surface area contributed by atoms with Crippen molar-refractivity contribution in [1.82, 2.24) is 14.8 Å². The SMILES string of the molecule is Cc1ccc2c3c1ccn3C(=O)[C@H](C1CN3CCC1CC3)NC2. The first-order chi connectivity index (χ1) is 11.2. The Morgan fingerprint density at radius 2 is 2.00 bits per heavy atom. The molecule has 3 fully saturated rings. The van der Waals surface area contributed by atoms with Crippen LogP contribution in [0.4, 0.5) is 0 Å². The van der Waals surface area contributed by atoms with Gasteiger partial charge in [-0.25, -0.2) is 0 Å². The third kappa shape index (κ3) is 1.95. The molecule has 120 valence electrons. The monoisotopic (exact) mass is 309 g/mol. The molecule has 0 amide bonds. The van der Waals surface area contributed by atoms with Gasteiger partial charge in [0.1, 0.15) is 0 Å². The van der Waals surface area contributed by atoms with Crippen LogP contribution >= 0.6 is 0 Å². The lowest BCUT2D eigenvalue weighted by atomic mass is 9.75. The Balaban J connectivity index is 1.57. The predicted molar refractivity (Wildman–Crippen MR) is 90.6 cm³/mol. The van der Waals surface area contributed by atoms with Gasteiger partial charge in [-0.15, -0.1) is 0 Å². The second kappa shape index (κ2) is 4.92. The Bertz CT molecular complexity index is 785. The van der Waals surface area contributed by atoms with Crippen molar-refractivity contribution in [3.05, 3.63) is 35.5 Å². The van der Waals surface area contributed by atoms with Crippen molar-refractivity contribution in [2.24, 2.45) is 11.8 Å². The molecule has 1 aromatic heterocycles. The number of hydrogen-bond donors (Lipinski definition) is 1. The van der Waals surface area contributed by atoms with Gasteiger partial charge < -0.3 is 10.2 Å². The topological polar surface area (TPSA) is 37.3 Å². The van der Waals surface area contributed by atoms with E-state index >= 15 is 0 Å². The summed E-state index contributed by atoms with van der Waals surface area (Å²) in [6.07, 6.45) is 4.48. The number of benzene rings is 1. The minimum Gasteiger partial charge on any atom is -0.303 e. The standard InChI is InChI=1S/C19H23N3O/c1-12-2-3-14-10-20-17(16-11-21-7-4-13(16)5-8-21)19(23)22-9-6-15(12)18(14)22/h2-3,6,9,13,16-17,20H,4-5,7-8,10-11H2,1H3/t16?,17-/m0/s1. The zero-order valence-electron chi connectivity index (χ0n) is 13.6. The van der Waals surface area contributed by atoms with Crippen molar-refractivity contribution in [2.45, 2.75) is 32.4 Å². The molecule has 1 unspecified atom stereocenters. The maximum absolute atomic E-state index is 13.3. The molecule has 4 aliphatic heterocycles. The van der Waals surface area contributed by atoms with Gasteiger partial charge in [0.15, 0.2) is 0 Å². The first-order valence-corrected chi connectivity index (χ1v) is 8.82. The quantitative estimate of drug-likeness (QED) is 0.879. The van der Waals surface area contributed by atoms with Crippen LogP contribution in [0.15, 0.2) is 24.4 Å². The van der Waals surface area contributed by atoms with E-state index in [0.717, 1.165) is 18.6 Å². The average molecular weight is 309 g/mol. The maximum Gasteiger partial charge on any atom is 0.248 e. The molecule has 6 rings (SSSR count). The van der Waals surface area contributed by atoms with Crippen LogP contribution in [0.2, 0.25) is 0 Å². The number of nitrogens with one attached hydrogen (secondary N) is 1. The van der Waals surface area contributed by atoms with Crippen LogP contribution in [-0.2, 0) is 6.54 Å². The molecule has 0 radical (unpaired) electrons. The minimum atomic E-state index is -0.0496. The third-order valence-corrected chi connectivity index (χ3v) is 6.30. The highest BCUT2D eigenvalue weighted by atomic mass is 16.2. The lowest BCUT2D eigenvalue weighted by molar-refractivity contribution is 0.0266. The predicted octanol–water partition coefficient (Wildman–Crippen LogP) is 2.40. The van der Waals surface area contributed by atoms with Crippen LogP contribution < -0.4 is 5.32 Å². The second-order valence-corrected chi connectivity index (χ2v) is 7.49. The fourth-order valence-electron chi connectivity index (χ4n) is 4.98. The summed E-state index contributed by atoms with van der Waals surface area (Å²) in [5.41, 5.74) is 3.61. The number of hydrogen-bond acceptors (Lipinski definition) is 3. The number of aromatic nitrogens is 1. The zero-order chi connectivity index (χ0) is 15.6. The van der Waals surface area contributed by atoms with Crippen LogP contribution in [0.3, 0.4) is 0 Å². The van der Waals surface area contributed by atoms with Gasteiger partial charge in [0.25, 0.3) is 0 Å². The maximum atomic E-state index is 13.3. The van der Waals surface area contributed by atoms with Crippen molar-refractivity contribution >= 4 is 16.8 Å². The Morgan fingerprint density at radius 3 is 2.74 bits per heavy atom. The largest absolute Gasteiger partial charge is 0.303 e. The first kappa shape index (κ1) is 13.8. The van der Waals surface area contributed by atoms with Crippen LogP contribution in [0.1, 0.15) is 28.8 Å². The highest BCUT2D eigenvalue weighted by Crippen LogP contribution is 2.36. The number of rotatable bonds is 1. The fraction of sp³-hybridized carbons (Fsp3) is 0.526. The third-order valence-electron chi connectivity index (χ3n) is 6.30. The molecule has 4 aliphatic rings. The average Bonchev–Trinajstić information content (AvgIpc) is 2.98. The molecule has 5 heterocycles. The Labute approximate surface area is 136 Å². The molecule has 0 aliphatic carbocycles. The number of piperidine rings is 3. The molecule has 0 spiro atoms. The highest BCUT2D eigenvalue weighted by Gasteiger charge is 2.42. The van der Waals surface area contributed by atoms with Gasteiger partial charge in [-0.05, 0) is 61.9 Å². The molecule has 2 atom stereocenters.